The van der Waals surface area contributed by atoms with Crippen molar-refractivity contribution in [2.24, 2.45) is 0 Å². The fourth-order valence-corrected chi connectivity index (χ4v) is 1.97. The van der Waals surface area contributed by atoms with Gasteiger partial charge in [0.05, 0.1) is 0 Å². The zero-order chi connectivity index (χ0) is 16.0. The van der Waals surface area contributed by atoms with Crippen LogP contribution >= 0.6 is 0 Å². The van der Waals surface area contributed by atoms with Gasteiger partial charge in [0.15, 0.2) is 12.2 Å². The van der Waals surface area contributed by atoms with Crippen molar-refractivity contribution in [3.8, 4) is 0 Å². The Hall–Kier alpha value is -2.12. The fourth-order valence-electron chi connectivity index (χ4n) is 1.97. The van der Waals surface area contributed by atoms with Gasteiger partial charge in [-0.05, 0) is 6.42 Å². The molecule has 0 N–H and O–H groups in total. The van der Waals surface area contributed by atoms with Gasteiger partial charge in [0.2, 0.25) is 0 Å². The zero-order valence-electron chi connectivity index (χ0n) is 12.1. The van der Waals surface area contributed by atoms with Crippen LogP contribution in [0.5, 0.6) is 0 Å². The van der Waals surface area contributed by atoms with Crippen LogP contribution in [0.1, 0.15) is 33.6 Å². The van der Waals surface area contributed by atoms with Gasteiger partial charge in [-0.1, -0.05) is 0 Å². The van der Waals surface area contributed by atoms with Gasteiger partial charge in [-0.15, -0.1) is 0 Å². The van der Waals surface area contributed by atoms with E-state index in [9.17, 15) is 19.2 Å². The Morgan fingerprint density at radius 3 is 2.19 bits per heavy atom. The highest BCUT2D eigenvalue weighted by Gasteiger charge is 2.40. The molecule has 0 saturated carbocycles. The maximum absolute atomic E-state index is 11.2. The first kappa shape index (κ1) is 16.9. The predicted octanol–water partition coefficient (Wildman–Crippen LogP) is 0.119. The summed E-state index contributed by atoms with van der Waals surface area (Å²) in [5.74, 6) is -2.25. The molecule has 0 bridgehead atoms. The Kier molecular flexibility index (Phi) is 6.13. The number of hydrogen-bond acceptors (Lipinski definition) is 8. The molecule has 1 rings (SSSR count). The van der Waals surface area contributed by atoms with Crippen LogP contribution in [0.25, 0.3) is 0 Å². The number of hydrogen-bond donors (Lipinski definition) is 0. The van der Waals surface area contributed by atoms with Crippen molar-refractivity contribution in [1.82, 2.24) is 0 Å². The normalized spacial score (nSPS) is 20.1. The third-order valence-electron chi connectivity index (χ3n) is 2.72. The molecule has 1 aliphatic rings. The van der Waals surface area contributed by atoms with Crippen LogP contribution < -0.4 is 0 Å². The van der Waals surface area contributed by atoms with Crippen LogP contribution in [0.4, 0.5) is 0 Å². The minimum atomic E-state index is -1.04. The van der Waals surface area contributed by atoms with Crippen LogP contribution in [0.15, 0.2) is 0 Å². The highest BCUT2D eigenvalue weighted by molar-refractivity contribution is 5.72. The summed E-state index contributed by atoms with van der Waals surface area (Å²) in [7, 11) is 0. The minimum absolute atomic E-state index is 0.183. The molecule has 1 fully saturated rings. The van der Waals surface area contributed by atoms with Crippen molar-refractivity contribution in [2.45, 2.75) is 51.9 Å². The predicted molar refractivity (Wildman–Crippen MR) is 66.9 cm³/mol. The van der Waals surface area contributed by atoms with Gasteiger partial charge >= 0.3 is 23.9 Å². The van der Waals surface area contributed by atoms with Gasteiger partial charge in [-0.25, -0.2) is 0 Å². The lowest BCUT2D eigenvalue weighted by atomic mass is 10.1. The summed E-state index contributed by atoms with van der Waals surface area (Å²) in [6, 6.07) is 0. The maximum Gasteiger partial charge on any atom is 0.306 e. The van der Waals surface area contributed by atoms with Crippen LogP contribution in [0.2, 0.25) is 0 Å². The van der Waals surface area contributed by atoms with E-state index >= 15 is 0 Å². The van der Waals surface area contributed by atoms with Crippen molar-refractivity contribution >= 4 is 23.9 Å². The van der Waals surface area contributed by atoms with E-state index in [4.69, 9.17) is 18.9 Å². The first-order chi connectivity index (χ1) is 9.79. The SMILES string of the molecule is CC(=O)OC[C@@H](OC(C)=O)[C@@H](OC(C)=O)[C@H]1CCC(=O)O1. The van der Waals surface area contributed by atoms with Crippen molar-refractivity contribution in [3.05, 3.63) is 0 Å². The molecule has 21 heavy (non-hydrogen) atoms. The highest BCUT2D eigenvalue weighted by Crippen LogP contribution is 2.23. The van der Waals surface area contributed by atoms with E-state index in [-0.39, 0.29) is 13.0 Å². The Labute approximate surface area is 121 Å². The van der Waals surface area contributed by atoms with E-state index < -0.39 is 42.2 Å². The summed E-state index contributed by atoms with van der Waals surface area (Å²) in [6.07, 6.45) is -2.28. The molecule has 8 heteroatoms. The Morgan fingerprint density at radius 1 is 1.14 bits per heavy atom. The van der Waals surface area contributed by atoms with Crippen LogP contribution in [-0.2, 0) is 38.1 Å². The molecule has 1 heterocycles. The Morgan fingerprint density at radius 2 is 1.76 bits per heavy atom. The molecule has 118 valence electrons. The fraction of sp³-hybridized carbons (Fsp3) is 0.692. The monoisotopic (exact) mass is 302 g/mol. The third-order valence-corrected chi connectivity index (χ3v) is 2.72. The van der Waals surface area contributed by atoms with Crippen molar-refractivity contribution < 1.29 is 38.1 Å². The van der Waals surface area contributed by atoms with Gasteiger partial charge in [-0.3, -0.25) is 19.2 Å². The smallest absolute Gasteiger partial charge is 0.306 e. The third kappa shape index (κ3) is 5.80. The number of cyclic esters (lactones) is 1. The number of rotatable bonds is 6. The standard InChI is InChI=1S/C13H18O8/c1-7(14)18-6-11(19-8(2)15)13(20-9(3)16)10-4-5-12(17)21-10/h10-11,13H,4-6H2,1-3H3/t10-,11-,13+/m1/s1. The molecule has 1 saturated heterocycles. The lowest BCUT2D eigenvalue weighted by Gasteiger charge is -2.29. The number of carbonyl (C=O) groups excluding carboxylic acids is 4. The molecular formula is C13H18O8. The summed E-state index contributed by atoms with van der Waals surface area (Å²) in [5, 5.41) is 0. The quantitative estimate of drug-likeness (QED) is 0.503. The van der Waals surface area contributed by atoms with Gasteiger partial charge in [0, 0.05) is 27.2 Å². The van der Waals surface area contributed by atoms with E-state index in [0.717, 1.165) is 0 Å². The second-order valence-corrected chi connectivity index (χ2v) is 4.59. The summed E-state index contributed by atoms with van der Waals surface area (Å²) in [4.78, 5) is 44.5. The Balaban J connectivity index is 2.86. The lowest BCUT2D eigenvalue weighted by Crippen LogP contribution is -2.45. The molecule has 0 aromatic carbocycles. The molecule has 0 radical (unpaired) electrons. The average molecular weight is 302 g/mol. The number of ether oxygens (including phenoxy) is 4. The van der Waals surface area contributed by atoms with E-state index in [1.165, 1.54) is 20.8 Å². The summed E-state index contributed by atoms with van der Waals surface area (Å²) >= 11 is 0. The lowest BCUT2D eigenvalue weighted by molar-refractivity contribution is -0.185. The van der Waals surface area contributed by atoms with E-state index in [1.807, 2.05) is 0 Å². The van der Waals surface area contributed by atoms with Crippen molar-refractivity contribution in [2.75, 3.05) is 6.61 Å². The van der Waals surface area contributed by atoms with Crippen LogP contribution in [-0.4, -0.2) is 48.8 Å². The van der Waals surface area contributed by atoms with Gasteiger partial charge in [0.1, 0.15) is 12.7 Å². The van der Waals surface area contributed by atoms with Gasteiger partial charge < -0.3 is 18.9 Å². The first-order valence-corrected chi connectivity index (χ1v) is 6.47. The van der Waals surface area contributed by atoms with Crippen molar-refractivity contribution in [1.29, 1.82) is 0 Å². The van der Waals surface area contributed by atoms with E-state index in [1.54, 1.807) is 0 Å². The second kappa shape index (κ2) is 7.61. The zero-order valence-corrected chi connectivity index (χ0v) is 12.1. The van der Waals surface area contributed by atoms with Crippen molar-refractivity contribution in [3.63, 3.8) is 0 Å². The average Bonchev–Trinajstić information content (AvgIpc) is 2.77. The van der Waals surface area contributed by atoms with Crippen LogP contribution in [0, 0.1) is 0 Å². The van der Waals surface area contributed by atoms with Crippen LogP contribution in [0.3, 0.4) is 0 Å². The molecule has 0 unspecified atom stereocenters. The molecule has 0 spiro atoms. The topological polar surface area (TPSA) is 105 Å². The largest absolute Gasteiger partial charge is 0.462 e. The summed E-state index contributed by atoms with van der Waals surface area (Å²) in [6.45, 7) is 3.26. The summed E-state index contributed by atoms with van der Waals surface area (Å²) in [5.41, 5.74) is 0. The number of carbonyl (C=O) groups is 4. The first-order valence-electron chi connectivity index (χ1n) is 6.47. The summed E-state index contributed by atoms with van der Waals surface area (Å²) < 4.78 is 20.0. The second-order valence-electron chi connectivity index (χ2n) is 4.59. The molecule has 0 aromatic heterocycles. The molecule has 3 atom stereocenters. The molecule has 8 nitrogen and oxygen atoms in total. The van der Waals surface area contributed by atoms with E-state index in [0.29, 0.717) is 6.42 Å². The Bertz CT molecular complexity index is 430. The van der Waals surface area contributed by atoms with Gasteiger partial charge in [0.25, 0.3) is 0 Å². The molecule has 0 amide bonds. The molecular weight excluding hydrogens is 284 g/mol. The minimum Gasteiger partial charge on any atom is -0.462 e. The molecule has 0 aliphatic carbocycles. The van der Waals surface area contributed by atoms with Gasteiger partial charge in [-0.2, -0.15) is 0 Å². The molecule has 1 aliphatic heterocycles. The highest BCUT2D eigenvalue weighted by atomic mass is 16.6. The maximum atomic E-state index is 11.2. The van der Waals surface area contributed by atoms with E-state index in [2.05, 4.69) is 0 Å². The molecule has 0 aromatic rings. The number of esters is 4.